The van der Waals surface area contributed by atoms with Crippen LogP contribution < -0.4 is 5.73 Å². The molecule has 1 saturated heterocycles. The van der Waals surface area contributed by atoms with Crippen molar-refractivity contribution in [3.8, 4) is 0 Å². The highest BCUT2D eigenvalue weighted by atomic mass is 16.5. The van der Waals surface area contributed by atoms with Gasteiger partial charge >= 0.3 is 0 Å². The largest absolute Gasteiger partial charge is 0.399 e. The van der Waals surface area contributed by atoms with Gasteiger partial charge in [0.05, 0.1) is 23.2 Å². The topological polar surface area (TPSA) is 53.1 Å². The first kappa shape index (κ1) is 13.1. The lowest BCUT2D eigenvalue weighted by Crippen LogP contribution is -2.24. The van der Waals surface area contributed by atoms with E-state index in [4.69, 9.17) is 15.5 Å². The van der Waals surface area contributed by atoms with Crippen LogP contribution in [0.2, 0.25) is 0 Å². The van der Waals surface area contributed by atoms with Crippen LogP contribution >= 0.6 is 0 Å². The van der Waals surface area contributed by atoms with Gasteiger partial charge in [0.15, 0.2) is 0 Å². The molecule has 4 nitrogen and oxygen atoms in total. The van der Waals surface area contributed by atoms with Crippen molar-refractivity contribution >= 4 is 16.7 Å². The third kappa shape index (κ3) is 2.13. The molecule has 1 saturated carbocycles. The third-order valence-electron chi connectivity index (χ3n) is 4.78. The van der Waals surface area contributed by atoms with Crippen molar-refractivity contribution < 1.29 is 4.74 Å². The van der Waals surface area contributed by atoms with E-state index in [9.17, 15) is 0 Å². The highest BCUT2D eigenvalue weighted by Gasteiger charge is 2.42. The molecule has 4 rings (SSSR count). The summed E-state index contributed by atoms with van der Waals surface area (Å²) in [6, 6.07) is 6.52. The van der Waals surface area contributed by atoms with Gasteiger partial charge in [0.1, 0.15) is 5.82 Å². The predicted molar refractivity (Wildman–Crippen MR) is 84.4 cm³/mol. The molecule has 21 heavy (non-hydrogen) atoms. The lowest BCUT2D eigenvalue weighted by molar-refractivity contribution is 0.0751. The maximum atomic E-state index is 6.05. The average Bonchev–Trinajstić information content (AvgIpc) is 3.06. The number of fused-ring (bicyclic) bond motifs is 1. The van der Waals surface area contributed by atoms with Gasteiger partial charge in [-0.25, -0.2) is 4.98 Å². The molecule has 2 aromatic rings. The lowest BCUT2D eigenvalue weighted by atomic mass is 10.0. The molecule has 112 valence electrons. The van der Waals surface area contributed by atoms with Gasteiger partial charge in [-0.3, -0.25) is 0 Å². The van der Waals surface area contributed by atoms with Gasteiger partial charge in [-0.1, -0.05) is 13.8 Å². The Kier molecular flexibility index (Phi) is 2.96. The number of ether oxygens (including phenoxy) is 1. The van der Waals surface area contributed by atoms with Crippen LogP contribution in [0.3, 0.4) is 0 Å². The number of hydrogen-bond donors (Lipinski definition) is 1. The zero-order valence-corrected chi connectivity index (χ0v) is 12.7. The van der Waals surface area contributed by atoms with Crippen LogP contribution in [0.1, 0.15) is 50.9 Å². The summed E-state index contributed by atoms with van der Waals surface area (Å²) in [5.41, 5.74) is 8.92. The monoisotopic (exact) mass is 285 g/mol. The molecule has 2 heterocycles. The molecule has 0 radical (unpaired) electrons. The second-order valence-corrected chi connectivity index (χ2v) is 6.77. The van der Waals surface area contributed by atoms with E-state index in [2.05, 4.69) is 24.5 Å². The number of aromatic nitrogens is 2. The zero-order chi connectivity index (χ0) is 14.6. The van der Waals surface area contributed by atoms with Gasteiger partial charge in [0, 0.05) is 18.2 Å². The molecule has 1 aliphatic heterocycles. The van der Waals surface area contributed by atoms with Crippen LogP contribution in [0.15, 0.2) is 18.2 Å². The summed E-state index contributed by atoms with van der Waals surface area (Å²) in [7, 11) is 0. The summed E-state index contributed by atoms with van der Waals surface area (Å²) in [6.45, 7) is 5.30. The summed E-state index contributed by atoms with van der Waals surface area (Å²) in [5.74, 6) is 2.32. The highest BCUT2D eigenvalue weighted by molar-refractivity contribution is 5.80. The number of imidazole rings is 1. The molecule has 2 N–H and O–H groups in total. The van der Waals surface area contributed by atoms with Crippen molar-refractivity contribution in [3.05, 3.63) is 24.0 Å². The van der Waals surface area contributed by atoms with Crippen LogP contribution in [0.5, 0.6) is 0 Å². The number of rotatable bonds is 3. The molecule has 2 aliphatic rings. The number of anilines is 1. The second kappa shape index (κ2) is 4.73. The van der Waals surface area contributed by atoms with E-state index in [0.29, 0.717) is 18.1 Å². The Morgan fingerprint density at radius 2 is 2.10 bits per heavy atom. The highest BCUT2D eigenvalue weighted by Crippen LogP contribution is 2.45. The normalized spacial score (nSPS) is 26.0. The molecule has 2 atom stereocenters. The fourth-order valence-corrected chi connectivity index (χ4v) is 3.64. The Bertz CT molecular complexity index is 672. The summed E-state index contributed by atoms with van der Waals surface area (Å²) in [5, 5.41) is 0. The maximum Gasteiger partial charge on any atom is 0.112 e. The van der Waals surface area contributed by atoms with Crippen LogP contribution in [0, 0.1) is 5.92 Å². The molecule has 0 spiro atoms. The molecular formula is C17H23N3O. The van der Waals surface area contributed by atoms with E-state index >= 15 is 0 Å². The Balaban J connectivity index is 1.87. The number of benzene rings is 1. The molecule has 0 bridgehead atoms. The van der Waals surface area contributed by atoms with Gasteiger partial charge < -0.3 is 15.0 Å². The number of nitrogens with two attached hydrogens (primary N) is 1. The molecule has 2 unspecified atom stereocenters. The second-order valence-electron chi connectivity index (χ2n) is 6.77. The molecule has 1 aliphatic carbocycles. The van der Waals surface area contributed by atoms with Gasteiger partial charge in [-0.15, -0.1) is 0 Å². The first-order valence-electron chi connectivity index (χ1n) is 8.04. The molecule has 0 amide bonds. The molecule has 4 heteroatoms. The Morgan fingerprint density at radius 3 is 2.81 bits per heavy atom. The minimum atomic E-state index is 0.373. The van der Waals surface area contributed by atoms with Gasteiger partial charge in [0.2, 0.25) is 0 Å². The first-order valence-corrected chi connectivity index (χ1v) is 8.04. The van der Waals surface area contributed by atoms with E-state index in [1.807, 2.05) is 12.1 Å². The average molecular weight is 285 g/mol. The van der Waals surface area contributed by atoms with E-state index in [0.717, 1.165) is 36.0 Å². The Morgan fingerprint density at radius 1 is 1.29 bits per heavy atom. The zero-order valence-electron chi connectivity index (χ0n) is 12.7. The van der Waals surface area contributed by atoms with Crippen LogP contribution in [-0.2, 0) is 4.74 Å². The van der Waals surface area contributed by atoms with Crippen LogP contribution in [0.4, 0.5) is 5.69 Å². The first-order chi connectivity index (χ1) is 10.1. The third-order valence-corrected chi connectivity index (χ3v) is 4.78. The fraction of sp³-hybridized carbons (Fsp3) is 0.588. The van der Waals surface area contributed by atoms with Gasteiger partial charge in [-0.2, -0.15) is 0 Å². The number of nitrogens with zero attached hydrogens (tertiary/aromatic N) is 2. The van der Waals surface area contributed by atoms with E-state index in [1.165, 1.54) is 18.4 Å². The van der Waals surface area contributed by atoms with E-state index < -0.39 is 0 Å². The summed E-state index contributed by atoms with van der Waals surface area (Å²) < 4.78 is 8.49. The van der Waals surface area contributed by atoms with Crippen molar-refractivity contribution in [1.82, 2.24) is 9.55 Å². The molecular weight excluding hydrogens is 262 g/mol. The van der Waals surface area contributed by atoms with E-state index in [-0.39, 0.29) is 0 Å². The van der Waals surface area contributed by atoms with Crippen molar-refractivity contribution in [1.29, 1.82) is 0 Å². The fourth-order valence-electron chi connectivity index (χ4n) is 3.64. The summed E-state index contributed by atoms with van der Waals surface area (Å²) in [6.07, 6.45) is 4.10. The SMILES string of the molecule is CC(C)c1nc2cc(N)ccc2n1C1CCOC1C1CC1. The Labute approximate surface area is 125 Å². The van der Waals surface area contributed by atoms with Gasteiger partial charge in [0.25, 0.3) is 0 Å². The van der Waals surface area contributed by atoms with E-state index in [1.54, 1.807) is 0 Å². The number of nitrogen functional groups attached to an aromatic ring is 1. The van der Waals surface area contributed by atoms with Crippen molar-refractivity contribution in [2.24, 2.45) is 5.92 Å². The van der Waals surface area contributed by atoms with Crippen LogP contribution in [0.25, 0.3) is 11.0 Å². The molecule has 1 aromatic heterocycles. The standard InChI is InChI=1S/C17H23N3O/c1-10(2)17-19-13-9-12(18)5-6-14(13)20(17)15-7-8-21-16(15)11-3-4-11/h5-6,9-11,15-16H,3-4,7-8,18H2,1-2H3. The summed E-state index contributed by atoms with van der Waals surface area (Å²) >= 11 is 0. The molecule has 2 fully saturated rings. The lowest BCUT2D eigenvalue weighted by Gasteiger charge is -2.23. The van der Waals surface area contributed by atoms with Crippen molar-refractivity contribution in [3.63, 3.8) is 0 Å². The minimum Gasteiger partial charge on any atom is -0.399 e. The van der Waals surface area contributed by atoms with Crippen molar-refractivity contribution in [2.75, 3.05) is 12.3 Å². The quantitative estimate of drug-likeness (QED) is 0.878. The maximum absolute atomic E-state index is 6.05. The summed E-state index contributed by atoms with van der Waals surface area (Å²) in [4.78, 5) is 4.86. The predicted octanol–water partition coefficient (Wildman–Crippen LogP) is 3.48. The molecule has 1 aromatic carbocycles. The van der Waals surface area contributed by atoms with Crippen molar-refractivity contribution in [2.45, 2.75) is 51.2 Å². The number of hydrogen-bond acceptors (Lipinski definition) is 3. The Hall–Kier alpha value is -1.55. The smallest absolute Gasteiger partial charge is 0.112 e. The van der Waals surface area contributed by atoms with Gasteiger partial charge in [-0.05, 0) is 43.4 Å². The minimum absolute atomic E-state index is 0.373. The van der Waals surface area contributed by atoms with Crippen LogP contribution in [-0.4, -0.2) is 22.3 Å².